The lowest BCUT2D eigenvalue weighted by molar-refractivity contribution is -0.115. The molecule has 0 atom stereocenters. The molecule has 3 aromatic heterocycles. The van der Waals surface area contributed by atoms with E-state index >= 15 is 0 Å². The molecular weight excluding hydrogens is 471 g/mol. The number of amides is 2. The normalized spacial score (nSPS) is 11.0. The molecular formula is C25H19FN4O2S2. The van der Waals surface area contributed by atoms with Gasteiger partial charge in [-0.2, -0.15) is 5.10 Å². The highest BCUT2D eigenvalue weighted by molar-refractivity contribution is 7.20. The van der Waals surface area contributed by atoms with Gasteiger partial charge < -0.3 is 10.6 Å². The highest BCUT2D eigenvalue weighted by Crippen LogP contribution is 2.31. The number of carbonyl (C=O) groups excluding carboxylic acids is 2. The van der Waals surface area contributed by atoms with E-state index in [0.717, 1.165) is 20.8 Å². The molecule has 0 aliphatic heterocycles. The van der Waals surface area contributed by atoms with Crippen LogP contribution in [0, 0.1) is 12.7 Å². The van der Waals surface area contributed by atoms with E-state index in [2.05, 4.69) is 15.7 Å². The molecule has 0 unspecified atom stereocenters. The van der Waals surface area contributed by atoms with Crippen molar-refractivity contribution in [3.05, 3.63) is 93.4 Å². The molecule has 3 heterocycles. The monoisotopic (exact) mass is 490 g/mol. The lowest BCUT2D eigenvalue weighted by atomic mass is 10.2. The van der Waals surface area contributed by atoms with Crippen molar-refractivity contribution >= 4 is 56.1 Å². The maximum Gasteiger partial charge on any atom is 0.265 e. The number of carbonyl (C=O) groups is 2. The van der Waals surface area contributed by atoms with E-state index in [4.69, 9.17) is 0 Å². The van der Waals surface area contributed by atoms with Crippen LogP contribution in [0.3, 0.4) is 0 Å². The summed E-state index contributed by atoms with van der Waals surface area (Å²) in [5.74, 6) is -0.761. The van der Waals surface area contributed by atoms with Crippen molar-refractivity contribution in [2.75, 3.05) is 10.6 Å². The minimum Gasteiger partial charge on any atom is -0.324 e. The van der Waals surface area contributed by atoms with Gasteiger partial charge >= 0.3 is 0 Å². The summed E-state index contributed by atoms with van der Waals surface area (Å²) >= 11 is 2.83. The average Bonchev–Trinajstić information content (AvgIpc) is 3.55. The summed E-state index contributed by atoms with van der Waals surface area (Å²) in [5.41, 5.74) is 2.54. The number of aryl methyl sites for hydroxylation is 1. The Kier molecular flexibility index (Phi) is 5.95. The number of para-hydroxylation sites is 2. The molecule has 2 aromatic carbocycles. The lowest BCUT2D eigenvalue weighted by Crippen LogP contribution is -2.17. The SMILES string of the molecule is Cc1nn(-c2ccc(F)cc2)c2sc(C(=O)Nc3ccccc3NC(=O)Cc3cccs3)cc12. The topological polar surface area (TPSA) is 76.0 Å². The van der Waals surface area contributed by atoms with Crippen LogP contribution in [0.2, 0.25) is 0 Å². The third kappa shape index (κ3) is 4.48. The summed E-state index contributed by atoms with van der Waals surface area (Å²) in [7, 11) is 0. The molecule has 0 radical (unpaired) electrons. The van der Waals surface area contributed by atoms with Gasteiger partial charge in [-0.05, 0) is 60.8 Å². The fraction of sp³-hybridized carbons (Fsp3) is 0.0800. The number of hydrogen-bond acceptors (Lipinski definition) is 5. The van der Waals surface area contributed by atoms with Crippen LogP contribution in [0.25, 0.3) is 15.9 Å². The zero-order valence-electron chi connectivity index (χ0n) is 18.0. The Hall–Kier alpha value is -3.82. The number of thiophene rings is 2. The van der Waals surface area contributed by atoms with Crippen molar-refractivity contribution in [1.82, 2.24) is 9.78 Å². The number of benzene rings is 2. The number of fused-ring (bicyclic) bond motifs is 1. The largest absolute Gasteiger partial charge is 0.324 e. The third-order valence-corrected chi connectivity index (χ3v) is 7.19. The zero-order chi connectivity index (χ0) is 23.7. The van der Waals surface area contributed by atoms with Gasteiger partial charge in [0, 0.05) is 10.3 Å². The molecule has 0 bridgehead atoms. The first-order valence-electron chi connectivity index (χ1n) is 10.5. The molecule has 5 rings (SSSR count). The molecule has 0 fully saturated rings. The third-order valence-electron chi connectivity index (χ3n) is 5.20. The first kappa shape index (κ1) is 22.0. The number of nitrogens with zero attached hydrogens (tertiary/aromatic N) is 2. The maximum atomic E-state index is 13.3. The van der Waals surface area contributed by atoms with Crippen LogP contribution in [0.15, 0.2) is 72.1 Å². The Balaban J connectivity index is 1.38. The molecule has 34 heavy (non-hydrogen) atoms. The summed E-state index contributed by atoms with van der Waals surface area (Å²) in [6, 6.07) is 18.8. The fourth-order valence-electron chi connectivity index (χ4n) is 3.57. The number of aromatic nitrogens is 2. The van der Waals surface area contributed by atoms with Crippen LogP contribution >= 0.6 is 22.7 Å². The molecule has 6 nitrogen and oxygen atoms in total. The molecule has 170 valence electrons. The fourth-order valence-corrected chi connectivity index (χ4v) is 5.35. The lowest BCUT2D eigenvalue weighted by Gasteiger charge is -2.11. The van der Waals surface area contributed by atoms with E-state index in [1.54, 1.807) is 47.1 Å². The molecule has 5 aromatic rings. The Morgan fingerprint density at radius 2 is 1.74 bits per heavy atom. The van der Waals surface area contributed by atoms with Crippen LogP contribution in [-0.2, 0) is 11.2 Å². The first-order chi connectivity index (χ1) is 16.5. The molecule has 0 saturated heterocycles. The smallest absolute Gasteiger partial charge is 0.265 e. The molecule has 0 aliphatic carbocycles. The van der Waals surface area contributed by atoms with Crippen LogP contribution in [0.5, 0.6) is 0 Å². The predicted molar refractivity (Wildman–Crippen MR) is 135 cm³/mol. The summed E-state index contributed by atoms with van der Waals surface area (Å²) < 4.78 is 15.1. The summed E-state index contributed by atoms with van der Waals surface area (Å²) in [6.07, 6.45) is 0.273. The van der Waals surface area contributed by atoms with Crippen LogP contribution in [0.4, 0.5) is 15.8 Å². The molecule has 9 heteroatoms. The molecule has 0 saturated carbocycles. The molecule has 0 aliphatic rings. The molecule has 2 amide bonds. The Labute approximate surface area is 202 Å². The van der Waals surface area contributed by atoms with Gasteiger partial charge in [0.15, 0.2) is 0 Å². The van der Waals surface area contributed by atoms with Gasteiger partial charge in [-0.25, -0.2) is 9.07 Å². The van der Waals surface area contributed by atoms with Gasteiger partial charge in [-0.1, -0.05) is 18.2 Å². The van der Waals surface area contributed by atoms with Crippen molar-refractivity contribution < 1.29 is 14.0 Å². The molecule has 0 spiro atoms. The maximum absolute atomic E-state index is 13.3. The number of hydrogen-bond donors (Lipinski definition) is 2. The van der Waals surface area contributed by atoms with E-state index in [1.165, 1.54) is 34.8 Å². The van der Waals surface area contributed by atoms with Crippen molar-refractivity contribution in [1.29, 1.82) is 0 Å². The Morgan fingerprint density at radius 3 is 2.44 bits per heavy atom. The minimum absolute atomic E-state index is 0.152. The number of rotatable bonds is 6. The second-order valence-corrected chi connectivity index (χ2v) is 9.67. The van der Waals surface area contributed by atoms with Gasteiger partial charge in [0.1, 0.15) is 10.6 Å². The first-order valence-corrected chi connectivity index (χ1v) is 12.2. The Morgan fingerprint density at radius 1 is 1.00 bits per heavy atom. The van der Waals surface area contributed by atoms with E-state index in [1.807, 2.05) is 24.4 Å². The zero-order valence-corrected chi connectivity index (χ0v) is 19.7. The second kappa shape index (κ2) is 9.20. The molecule has 2 N–H and O–H groups in total. The van der Waals surface area contributed by atoms with Gasteiger partial charge in [-0.3, -0.25) is 9.59 Å². The standard InChI is InChI=1S/C25H19FN4O2S2/c1-15-19-14-22(34-25(19)30(29-15)17-10-8-16(26)9-11-17)24(32)28-21-7-3-2-6-20(21)27-23(31)13-18-5-4-12-33-18/h2-12,14H,13H2,1H3,(H,27,31)(H,28,32). The van der Waals surface area contributed by atoms with Gasteiger partial charge in [0.2, 0.25) is 5.91 Å². The van der Waals surface area contributed by atoms with Crippen molar-refractivity contribution in [2.24, 2.45) is 0 Å². The van der Waals surface area contributed by atoms with E-state index in [0.29, 0.717) is 21.9 Å². The van der Waals surface area contributed by atoms with Crippen molar-refractivity contribution in [3.63, 3.8) is 0 Å². The van der Waals surface area contributed by atoms with Crippen LogP contribution < -0.4 is 10.6 Å². The Bertz CT molecular complexity index is 1490. The highest BCUT2D eigenvalue weighted by Gasteiger charge is 2.18. The quantitative estimate of drug-likeness (QED) is 0.305. The van der Waals surface area contributed by atoms with E-state index in [9.17, 15) is 14.0 Å². The van der Waals surface area contributed by atoms with Crippen molar-refractivity contribution in [3.8, 4) is 5.69 Å². The summed E-state index contributed by atoms with van der Waals surface area (Å²) in [5, 5.41) is 13.1. The van der Waals surface area contributed by atoms with E-state index < -0.39 is 0 Å². The van der Waals surface area contributed by atoms with Crippen molar-refractivity contribution in [2.45, 2.75) is 13.3 Å². The summed E-state index contributed by atoms with van der Waals surface area (Å²) in [4.78, 5) is 27.8. The van der Waals surface area contributed by atoms with Gasteiger partial charge in [-0.15, -0.1) is 22.7 Å². The predicted octanol–water partition coefficient (Wildman–Crippen LogP) is 6.03. The average molecular weight is 491 g/mol. The van der Waals surface area contributed by atoms with E-state index in [-0.39, 0.29) is 24.1 Å². The number of anilines is 2. The second-order valence-electron chi connectivity index (χ2n) is 7.61. The van der Waals surface area contributed by atoms with Crippen LogP contribution in [0.1, 0.15) is 20.2 Å². The number of nitrogens with one attached hydrogen (secondary N) is 2. The highest BCUT2D eigenvalue weighted by atomic mass is 32.1. The van der Waals surface area contributed by atoms with Gasteiger partial charge in [0.25, 0.3) is 5.91 Å². The summed E-state index contributed by atoms with van der Waals surface area (Å²) in [6.45, 7) is 1.87. The van der Waals surface area contributed by atoms with Crippen LogP contribution in [-0.4, -0.2) is 21.6 Å². The number of halogens is 1. The minimum atomic E-state index is -0.323. The van der Waals surface area contributed by atoms with Gasteiger partial charge in [0.05, 0.1) is 34.1 Å².